The molecule has 0 bridgehead atoms. The van der Waals surface area contributed by atoms with E-state index >= 15 is 0 Å². The van der Waals surface area contributed by atoms with Crippen LogP contribution >= 0.6 is 10.7 Å². The average Bonchev–Trinajstić information content (AvgIpc) is 2.14. The van der Waals surface area contributed by atoms with Crippen LogP contribution in [0.4, 0.5) is 4.39 Å². The summed E-state index contributed by atoms with van der Waals surface area (Å²) in [6, 6.07) is 2.91. The Balaban J connectivity index is 3.28. The number of rotatable bonds is 4. The molecule has 0 spiro atoms. The molecule has 0 saturated heterocycles. The normalized spacial score (nSPS) is 11.5. The summed E-state index contributed by atoms with van der Waals surface area (Å²) in [7, 11) is 2.70. The van der Waals surface area contributed by atoms with Crippen LogP contribution in [0.25, 0.3) is 0 Å². The number of ether oxygens (including phenoxy) is 1. The van der Waals surface area contributed by atoms with Crippen molar-refractivity contribution in [3.8, 4) is 5.75 Å². The van der Waals surface area contributed by atoms with Gasteiger partial charge < -0.3 is 4.74 Å². The molecule has 90 valence electrons. The lowest BCUT2D eigenvalue weighted by Crippen LogP contribution is -2.02. The summed E-state index contributed by atoms with van der Waals surface area (Å²) in [6.45, 7) is 1.85. The quantitative estimate of drug-likeness (QED) is 0.787. The minimum Gasteiger partial charge on any atom is -0.493 e. The molecule has 1 rings (SSSR count). The van der Waals surface area contributed by atoms with E-state index in [9.17, 15) is 12.8 Å². The van der Waals surface area contributed by atoms with Crippen LogP contribution in [0.2, 0.25) is 0 Å². The van der Waals surface area contributed by atoms with Gasteiger partial charge in [0.25, 0.3) is 0 Å². The summed E-state index contributed by atoms with van der Waals surface area (Å²) in [5.74, 6) is -1.08. The molecule has 0 heterocycles. The van der Waals surface area contributed by atoms with Crippen molar-refractivity contribution in [3.63, 3.8) is 0 Å². The van der Waals surface area contributed by atoms with Gasteiger partial charge in [0.15, 0.2) is 11.6 Å². The molecule has 0 aliphatic rings. The fourth-order valence-electron chi connectivity index (χ4n) is 1.44. The van der Waals surface area contributed by atoms with Gasteiger partial charge >= 0.3 is 0 Å². The first-order chi connectivity index (χ1) is 7.37. The third-order valence-electron chi connectivity index (χ3n) is 2.12. The highest BCUT2D eigenvalue weighted by Crippen LogP contribution is 2.27. The molecular formula is C10H12ClFO3S. The third kappa shape index (κ3) is 3.35. The molecular weight excluding hydrogens is 255 g/mol. The largest absolute Gasteiger partial charge is 0.493 e. The van der Waals surface area contributed by atoms with Crippen LogP contribution in [-0.2, 0) is 21.2 Å². The second-order valence-electron chi connectivity index (χ2n) is 3.31. The summed E-state index contributed by atoms with van der Waals surface area (Å²) in [4.78, 5) is 0. The van der Waals surface area contributed by atoms with Gasteiger partial charge in [-0.1, -0.05) is 13.0 Å². The first-order valence-corrected chi connectivity index (χ1v) is 7.13. The monoisotopic (exact) mass is 266 g/mol. The fourth-order valence-corrected chi connectivity index (χ4v) is 2.38. The second-order valence-corrected chi connectivity index (χ2v) is 6.08. The molecule has 0 atom stereocenters. The molecule has 1 aromatic carbocycles. The Morgan fingerprint density at radius 3 is 2.50 bits per heavy atom. The van der Waals surface area contributed by atoms with E-state index in [4.69, 9.17) is 15.4 Å². The highest BCUT2D eigenvalue weighted by molar-refractivity contribution is 8.13. The van der Waals surface area contributed by atoms with Gasteiger partial charge in [-0.25, -0.2) is 12.8 Å². The molecule has 0 aliphatic carbocycles. The van der Waals surface area contributed by atoms with Crippen molar-refractivity contribution < 1.29 is 17.5 Å². The molecule has 6 heteroatoms. The van der Waals surface area contributed by atoms with E-state index in [1.807, 2.05) is 6.92 Å². The molecule has 1 aromatic rings. The second kappa shape index (κ2) is 5.01. The molecule has 0 aromatic heterocycles. The topological polar surface area (TPSA) is 43.4 Å². The van der Waals surface area contributed by atoms with E-state index in [-0.39, 0.29) is 11.3 Å². The van der Waals surface area contributed by atoms with Gasteiger partial charge in [-0.15, -0.1) is 0 Å². The predicted molar refractivity (Wildman–Crippen MR) is 60.8 cm³/mol. The number of benzene rings is 1. The number of methoxy groups -OCH3 is 1. The smallest absolute Gasteiger partial charge is 0.236 e. The van der Waals surface area contributed by atoms with Gasteiger partial charge in [-0.3, -0.25) is 0 Å². The van der Waals surface area contributed by atoms with E-state index < -0.39 is 20.6 Å². The summed E-state index contributed by atoms with van der Waals surface area (Å²) in [6.07, 6.45) is 0.607. The van der Waals surface area contributed by atoms with Gasteiger partial charge in [-0.2, -0.15) is 0 Å². The lowest BCUT2D eigenvalue weighted by molar-refractivity contribution is 0.382. The van der Waals surface area contributed by atoms with Gasteiger partial charge in [0.1, 0.15) is 0 Å². The maximum absolute atomic E-state index is 13.5. The predicted octanol–water partition coefficient (Wildman–Crippen LogP) is 2.47. The highest BCUT2D eigenvalue weighted by Gasteiger charge is 2.16. The first-order valence-electron chi connectivity index (χ1n) is 4.65. The number of aryl methyl sites for hydroxylation is 1. The third-order valence-corrected chi connectivity index (χ3v) is 3.10. The minimum atomic E-state index is -3.73. The lowest BCUT2D eigenvalue weighted by Gasteiger charge is -2.10. The van der Waals surface area contributed by atoms with Crippen molar-refractivity contribution in [2.45, 2.75) is 19.1 Å². The standard InChI is InChI=1S/C10H12ClFO3S/c1-3-7-4-8(6-16(11,13)14)10(15-2)9(12)5-7/h4-5H,3,6H2,1-2H3. The summed E-state index contributed by atoms with van der Waals surface area (Å²) < 4.78 is 40.3. The van der Waals surface area contributed by atoms with Crippen molar-refractivity contribution >= 4 is 19.7 Å². The molecule has 0 amide bonds. The minimum absolute atomic E-state index is 0.0681. The van der Waals surface area contributed by atoms with Crippen molar-refractivity contribution in [2.75, 3.05) is 7.11 Å². The van der Waals surface area contributed by atoms with E-state index in [0.717, 1.165) is 0 Å². The Labute approximate surface area is 98.6 Å². The van der Waals surface area contributed by atoms with Gasteiger partial charge in [0.05, 0.1) is 12.9 Å². The Kier molecular flexibility index (Phi) is 4.15. The van der Waals surface area contributed by atoms with Crippen LogP contribution in [0, 0.1) is 5.82 Å². The number of hydrogen-bond donors (Lipinski definition) is 0. The molecule has 16 heavy (non-hydrogen) atoms. The van der Waals surface area contributed by atoms with Crippen molar-refractivity contribution in [3.05, 3.63) is 29.1 Å². The van der Waals surface area contributed by atoms with Crippen LogP contribution in [0.15, 0.2) is 12.1 Å². The molecule has 0 aliphatic heterocycles. The highest BCUT2D eigenvalue weighted by atomic mass is 35.7. The van der Waals surface area contributed by atoms with Crippen LogP contribution < -0.4 is 4.74 Å². The van der Waals surface area contributed by atoms with E-state index in [2.05, 4.69) is 0 Å². The zero-order chi connectivity index (χ0) is 12.3. The van der Waals surface area contributed by atoms with Crippen LogP contribution in [0.5, 0.6) is 5.75 Å². The molecule has 3 nitrogen and oxygen atoms in total. The zero-order valence-electron chi connectivity index (χ0n) is 8.96. The summed E-state index contributed by atoms with van der Waals surface area (Å²) in [5, 5.41) is 0. The molecule has 0 N–H and O–H groups in total. The lowest BCUT2D eigenvalue weighted by atomic mass is 10.1. The van der Waals surface area contributed by atoms with Gasteiger partial charge in [0.2, 0.25) is 9.05 Å². The van der Waals surface area contributed by atoms with Crippen LogP contribution in [0.3, 0.4) is 0 Å². The summed E-state index contributed by atoms with van der Waals surface area (Å²) in [5.41, 5.74) is 0.947. The van der Waals surface area contributed by atoms with Crippen molar-refractivity contribution in [2.24, 2.45) is 0 Å². The van der Waals surface area contributed by atoms with Crippen LogP contribution in [-0.4, -0.2) is 15.5 Å². The van der Waals surface area contributed by atoms with E-state index in [1.165, 1.54) is 13.2 Å². The summed E-state index contributed by atoms with van der Waals surface area (Å²) >= 11 is 0. The van der Waals surface area contributed by atoms with Crippen molar-refractivity contribution in [1.82, 2.24) is 0 Å². The van der Waals surface area contributed by atoms with Gasteiger partial charge in [0, 0.05) is 16.2 Å². The molecule has 0 saturated carbocycles. The Hall–Kier alpha value is -0.810. The van der Waals surface area contributed by atoms with Crippen LogP contribution in [0.1, 0.15) is 18.1 Å². The van der Waals surface area contributed by atoms with E-state index in [1.54, 1.807) is 6.07 Å². The fraction of sp³-hybridized carbons (Fsp3) is 0.400. The van der Waals surface area contributed by atoms with Gasteiger partial charge in [-0.05, 0) is 18.1 Å². The average molecular weight is 267 g/mol. The Bertz CT molecular complexity index is 485. The SMILES string of the molecule is CCc1cc(F)c(OC)c(CS(=O)(=O)Cl)c1. The molecule has 0 unspecified atom stereocenters. The Morgan fingerprint density at radius 1 is 1.44 bits per heavy atom. The first kappa shape index (κ1) is 13.3. The Morgan fingerprint density at radius 2 is 2.06 bits per heavy atom. The maximum atomic E-state index is 13.5. The van der Waals surface area contributed by atoms with Crippen molar-refractivity contribution in [1.29, 1.82) is 0 Å². The number of halogens is 2. The maximum Gasteiger partial charge on any atom is 0.236 e. The zero-order valence-corrected chi connectivity index (χ0v) is 10.5. The number of hydrogen-bond acceptors (Lipinski definition) is 3. The molecule has 0 radical (unpaired) electrons. The molecule has 0 fully saturated rings. The van der Waals surface area contributed by atoms with E-state index in [0.29, 0.717) is 12.0 Å².